The van der Waals surface area contributed by atoms with Gasteiger partial charge in [-0.3, -0.25) is 14.3 Å². The minimum Gasteiger partial charge on any atom is -0.394 e. The molecule has 1 aliphatic rings. The van der Waals surface area contributed by atoms with E-state index in [-0.39, 0.29) is 24.3 Å². The molecule has 1 aliphatic heterocycles. The number of hydrogen-bond acceptors (Lipinski definition) is 4. The lowest BCUT2D eigenvalue weighted by Crippen LogP contribution is -2.39. The number of aromatic nitrogens is 2. The summed E-state index contributed by atoms with van der Waals surface area (Å²) in [6, 6.07) is 8.99. The van der Waals surface area contributed by atoms with E-state index in [4.69, 9.17) is 5.11 Å². The van der Waals surface area contributed by atoms with Gasteiger partial charge in [0.1, 0.15) is 0 Å². The Labute approximate surface area is 152 Å². The lowest BCUT2D eigenvalue weighted by Gasteiger charge is -2.32. The molecule has 1 aromatic carbocycles. The van der Waals surface area contributed by atoms with Crippen molar-refractivity contribution in [2.45, 2.75) is 32.2 Å². The molecule has 0 unspecified atom stereocenters. The summed E-state index contributed by atoms with van der Waals surface area (Å²) in [6.45, 7) is 3.32. The number of likely N-dealkylation sites (tertiary alicyclic amines) is 1. The van der Waals surface area contributed by atoms with Crippen LogP contribution in [0.3, 0.4) is 0 Å². The second kappa shape index (κ2) is 8.14. The molecule has 1 fully saturated rings. The molecule has 0 saturated carbocycles. The second-order valence-electron chi connectivity index (χ2n) is 6.58. The van der Waals surface area contributed by atoms with Gasteiger partial charge in [0.25, 0.3) is 5.91 Å². The van der Waals surface area contributed by atoms with E-state index in [0.717, 1.165) is 25.1 Å². The average Bonchev–Trinajstić information content (AvgIpc) is 3.10. The van der Waals surface area contributed by atoms with Crippen LogP contribution in [-0.4, -0.2) is 51.3 Å². The monoisotopic (exact) mass is 356 g/mol. The Morgan fingerprint density at radius 1 is 1.35 bits per heavy atom. The van der Waals surface area contributed by atoms with Gasteiger partial charge in [-0.25, -0.2) is 0 Å². The van der Waals surface area contributed by atoms with E-state index in [0.29, 0.717) is 24.3 Å². The number of carbonyl (C=O) groups excluding carboxylic acids is 2. The zero-order chi connectivity index (χ0) is 18.5. The maximum atomic E-state index is 12.9. The first kappa shape index (κ1) is 18.1. The molecule has 138 valence electrons. The fraction of sp³-hybridized carbons (Fsp3) is 0.421. The molecule has 1 atom stereocenters. The highest BCUT2D eigenvalue weighted by Crippen LogP contribution is 2.27. The highest BCUT2D eigenvalue weighted by atomic mass is 16.3. The first-order chi connectivity index (χ1) is 12.6. The van der Waals surface area contributed by atoms with Crippen LogP contribution in [-0.2, 0) is 11.3 Å². The van der Waals surface area contributed by atoms with Crippen LogP contribution in [0.1, 0.15) is 41.7 Å². The van der Waals surface area contributed by atoms with Gasteiger partial charge in [0.15, 0.2) is 0 Å². The van der Waals surface area contributed by atoms with E-state index >= 15 is 0 Å². The number of aliphatic hydroxyl groups is 1. The number of rotatable bonds is 5. The van der Waals surface area contributed by atoms with Crippen LogP contribution >= 0.6 is 0 Å². The van der Waals surface area contributed by atoms with E-state index in [1.165, 1.54) is 6.92 Å². The molecule has 0 spiro atoms. The molecule has 0 bridgehead atoms. The minimum absolute atomic E-state index is 0.0308. The van der Waals surface area contributed by atoms with Crippen molar-refractivity contribution in [2.75, 3.05) is 25.0 Å². The molecule has 2 amide bonds. The Bertz CT molecular complexity index is 787. The Morgan fingerprint density at radius 2 is 2.19 bits per heavy atom. The fourth-order valence-corrected chi connectivity index (χ4v) is 3.34. The van der Waals surface area contributed by atoms with Crippen molar-refractivity contribution in [1.82, 2.24) is 14.7 Å². The maximum absolute atomic E-state index is 12.9. The van der Waals surface area contributed by atoms with Gasteiger partial charge < -0.3 is 15.3 Å². The third-order valence-electron chi connectivity index (χ3n) is 4.55. The molecule has 1 saturated heterocycles. The largest absolute Gasteiger partial charge is 0.394 e. The van der Waals surface area contributed by atoms with E-state index in [9.17, 15) is 9.59 Å². The first-order valence-corrected chi connectivity index (χ1v) is 8.88. The predicted octanol–water partition coefficient (Wildman–Crippen LogP) is 1.85. The third-order valence-corrected chi connectivity index (χ3v) is 4.55. The molecule has 2 aromatic rings. The number of nitrogens with zero attached hydrogens (tertiary/aromatic N) is 3. The van der Waals surface area contributed by atoms with Crippen molar-refractivity contribution in [3.05, 3.63) is 47.8 Å². The van der Waals surface area contributed by atoms with Gasteiger partial charge in [-0.05, 0) is 37.1 Å². The van der Waals surface area contributed by atoms with E-state index in [1.54, 1.807) is 28.9 Å². The summed E-state index contributed by atoms with van der Waals surface area (Å²) in [7, 11) is 0. The molecular formula is C19H24N4O3. The standard InChI is InChI=1S/C19H24N4O3/c1-14(25)20-17-6-2-4-15(12-17)19(26)22-8-3-5-16(13-22)18-7-9-23(21-18)10-11-24/h2,4,6-7,9,12,16,24H,3,5,8,10-11,13H2,1H3,(H,20,25)/t16-/m1/s1. The van der Waals surface area contributed by atoms with Gasteiger partial charge in [0, 0.05) is 43.4 Å². The number of piperidine rings is 1. The number of anilines is 1. The molecule has 1 aromatic heterocycles. The molecular weight excluding hydrogens is 332 g/mol. The molecule has 2 N–H and O–H groups in total. The van der Waals surface area contributed by atoms with Crippen LogP contribution in [0.4, 0.5) is 5.69 Å². The first-order valence-electron chi connectivity index (χ1n) is 8.88. The molecule has 0 aliphatic carbocycles. The van der Waals surface area contributed by atoms with E-state index < -0.39 is 0 Å². The van der Waals surface area contributed by atoms with Crippen LogP contribution in [0.2, 0.25) is 0 Å². The Morgan fingerprint density at radius 3 is 2.96 bits per heavy atom. The molecule has 26 heavy (non-hydrogen) atoms. The van der Waals surface area contributed by atoms with Crippen LogP contribution in [0.5, 0.6) is 0 Å². The normalized spacial score (nSPS) is 17.2. The second-order valence-corrected chi connectivity index (χ2v) is 6.58. The van der Waals surface area contributed by atoms with Crippen LogP contribution in [0.15, 0.2) is 36.5 Å². The molecule has 0 radical (unpaired) electrons. The number of aliphatic hydroxyl groups excluding tert-OH is 1. The summed E-state index contributed by atoms with van der Waals surface area (Å²) in [5, 5.41) is 16.2. The highest BCUT2D eigenvalue weighted by molar-refractivity contribution is 5.96. The van der Waals surface area contributed by atoms with Gasteiger partial charge in [0.2, 0.25) is 5.91 Å². The minimum atomic E-state index is -0.161. The van der Waals surface area contributed by atoms with Gasteiger partial charge in [-0.1, -0.05) is 6.07 Å². The van der Waals surface area contributed by atoms with E-state index in [1.807, 2.05) is 17.2 Å². The summed E-state index contributed by atoms with van der Waals surface area (Å²) in [4.78, 5) is 25.9. The van der Waals surface area contributed by atoms with Gasteiger partial charge in [-0.15, -0.1) is 0 Å². The molecule has 7 nitrogen and oxygen atoms in total. The summed E-state index contributed by atoms with van der Waals surface area (Å²) < 4.78 is 1.73. The third kappa shape index (κ3) is 4.29. The molecule has 2 heterocycles. The number of amides is 2. The van der Waals surface area contributed by atoms with Crippen molar-refractivity contribution in [3.8, 4) is 0 Å². The average molecular weight is 356 g/mol. The lowest BCUT2D eigenvalue weighted by atomic mass is 9.94. The number of benzene rings is 1. The van der Waals surface area contributed by atoms with Crippen LogP contribution in [0, 0.1) is 0 Å². The smallest absolute Gasteiger partial charge is 0.253 e. The van der Waals surface area contributed by atoms with Gasteiger partial charge >= 0.3 is 0 Å². The topological polar surface area (TPSA) is 87.5 Å². The van der Waals surface area contributed by atoms with Crippen molar-refractivity contribution in [1.29, 1.82) is 0 Å². The number of hydrogen-bond donors (Lipinski definition) is 2. The Balaban J connectivity index is 1.70. The van der Waals surface area contributed by atoms with E-state index in [2.05, 4.69) is 10.4 Å². The van der Waals surface area contributed by atoms with Crippen molar-refractivity contribution in [2.24, 2.45) is 0 Å². The lowest BCUT2D eigenvalue weighted by molar-refractivity contribution is -0.114. The SMILES string of the molecule is CC(=O)Nc1cccc(C(=O)N2CCC[C@@H](c3ccn(CCO)n3)C2)c1. The zero-order valence-electron chi connectivity index (χ0n) is 14.9. The zero-order valence-corrected chi connectivity index (χ0v) is 14.9. The Kier molecular flexibility index (Phi) is 5.68. The summed E-state index contributed by atoms with van der Waals surface area (Å²) in [5.74, 6) is 0.00830. The van der Waals surface area contributed by atoms with Crippen molar-refractivity contribution in [3.63, 3.8) is 0 Å². The quantitative estimate of drug-likeness (QED) is 0.856. The predicted molar refractivity (Wildman–Crippen MR) is 97.9 cm³/mol. The fourth-order valence-electron chi connectivity index (χ4n) is 3.34. The molecule has 3 rings (SSSR count). The van der Waals surface area contributed by atoms with Crippen LogP contribution in [0.25, 0.3) is 0 Å². The Hall–Kier alpha value is -2.67. The highest BCUT2D eigenvalue weighted by Gasteiger charge is 2.27. The number of nitrogens with one attached hydrogen (secondary N) is 1. The summed E-state index contributed by atoms with van der Waals surface area (Å²) in [6.07, 6.45) is 3.78. The molecule has 7 heteroatoms. The summed E-state index contributed by atoms with van der Waals surface area (Å²) >= 11 is 0. The van der Waals surface area contributed by atoms with Gasteiger partial charge in [-0.2, -0.15) is 5.10 Å². The summed E-state index contributed by atoms with van der Waals surface area (Å²) in [5.41, 5.74) is 2.16. The van der Waals surface area contributed by atoms with Crippen molar-refractivity contribution >= 4 is 17.5 Å². The van der Waals surface area contributed by atoms with Crippen molar-refractivity contribution < 1.29 is 14.7 Å². The number of carbonyl (C=O) groups is 2. The van der Waals surface area contributed by atoms with Gasteiger partial charge in [0.05, 0.1) is 18.8 Å². The van der Waals surface area contributed by atoms with Crippen LogP contribution < -0.4 is 5.32 Å². The maximum Gasteiger partial charge on any atom is 0.253 e.